The third-order valence-corrected chi connectivity index (χ3v) is 7.25. The van der Waals surface area contributed by atoms with Gasteiger partial charge in [-0.15, -0.1) is 0 Å². The molecule has 0 fully saturated rings. The highest BCUT2D eigenvalue weighted by atomic mass is 32.2. The third kappa shape index (κ3) is 8.88. The van der Waals surface area contributed by atoms with Crippen LogP contribution in [0.5, 0.6) is 5.75 Å². The molecule has 0 aliphatic heterocycles. The molecule has 0 saturated carbocycles. The molecule has 0 heterocycles. The second-order valence-corrected chi connectivity index (χ2v) is 10.2. The summed E-state index contributed by atoms with van der Waals surface area (Å²) in [6, 6.07) is 10.4. The highest BCUT2D eigenvalue weighted by Crippen LogP contribution is 2.24. The van der Waals surface area contributed by atoms with Gasteiger partial charge in [-0.2, -0.15) is 12.6 Å². The first-order valence-electron chi connectivity index (χ1n) is 11.2. The lowest BCUT2D eigenvalue weighted by Crippen LogP contribution is -2.45. The first-order valence-corrected chi connectivity index (χ1v) is 13.3. The van der Waals surface area contributed by atoms with E-state index in [1.165, 1.54) is 0 Å². The van der Waals surface area contributed by atoms with Gasteiger partial charge in [0.1, 0.15) is 11.3 Å². The monoisotopic (exact) mass is 552 g/mol. The number of phenols is 1. The highest BCUT2D eigenvalue weighted by molar-refractivity contribution is 7.89. The maximum absolute atomic E-state index is 13.0. The molecular weight excluding hydrogens is 524 g/mol. The molecule has 0 radical (unpaired) electrons. The van der Waals surface area contributed by atoms with Crippen LogP contribution in [0.25, 0.3) is 0 Å². The van der Waals surface area contributed by atoms with Crippen molar-refractivity contribution < 1.29 is 42.9 Å². The molecule has 5 N–H and O–H groups in total. The predicted octanol–water partition coefficient (Wildman–Crippen LogP) is 1.78. The Hall–Kier alpha value is -3.42. The number of carboxylic acid groups (broad SMARTS) is 2. The van der Waals surface area contributed by atoms with Crippen molar-refractivity contribution in [2.45, 2.75) is 42.5 Å². The van der Waals surface area contributed by atoms with Gasteiger partial charge in [0.15, 0.2) is 5.78 Å². The van der Waals surface area contributed by atoms with Crippen molar-refractivity contribution in [3.63, 3.8) is 0 Å². The number of benzene rings is 2. The fourth-order valence-corrected chi connectivity index (χ4v) is 4.87. The summed E-state index contributed by atoms with van der Waals surface area (Å²) < 4.78 is 27.4. The second-order valence-electron chi connectivity index (χ2n) is 8.12. The van der Waals surface area contributed by atoms with Gasteiger partial charge in [-0.1, -0.05) is 36.8 Å². The summed E-state index contributed by atoms with van der Waals surface area (Å²) >= 11 is 3.88. The van der Waals surface area contributed by atoms with Crippen molar-refractivity contribution in [3.05, 3.63) is 59.7 Å². The number of carbonyl (C=O) groups is 4. The van der Waals surface area contributed by atoms with Gasteiger partial charge < -0.3 is 20.6 Å². The van der Waals surface area contributed by atoms with Crippen LogP contribution in [-0.4, -0.2) is 65.7 Å². The Morgan fingerprint density at radius 3 is 2.24 bits per heavy atom. The molecule has 2 rings (SSSR count). The zero-order valence-electron chi connectivity index (χ0n) is 19.7. The number of sulfonamides is 1. The van der Waals surface area contributed by atoms with E-state index in [1.807, 2.05) is 0 Å². The van der Waals surface area contributed by atoms with Crippen LogP contribution < -0.4 is 10.0 Å². The highest BCUT2D eigenvalue weighted by Gasteiger charge is 2.27. The standard InChI is InChI=1S/C24H28N2O9S2/c27-20-10-9-16(12-18(20)24(32)33)37(34,35)25-11-5-4-8-17(15-6-2-1-3-7-15)23(31)26-19(13-22(29)30)21(28)14-36/h1-3,6-7,9-10,12,17,19,25,27,36H,4-5,8,11,13-14H2,(H,26,31)(H,29,30)(H,32,33)/t17-,19-/m0/s1. The molecule has 37 heavy (non-hydrogen) atoms. The molecule has 1 amide bonds. The maximum atomic E-state index is 13.0. The number of aliphatic carboxylic acids is 1. The smallest absolute Gasteiger partial charge is 0.339 e. The van der Waals surface area contributed by atoms with Gasteiger partial charge >= 0.3 is 11.9 Å². The topological polar surface area (TPSA) is 187 Å². The second kappa shape index (κ2) is 13.8. The number of aromatic hydroxyl groups is 1. The number of rotatable bonds is 15. The van der Waals surface area contributed by atoms with Gasteiger partial charge in [0.25, 0.3) is 0 Å². The normalized spacial score (nSPS) is 12.9. The van der Waals surface area contributed by atoms with E-state index in [0.717, 1.165) is 18.2 Å². The molecule has 0 unspecified atom stereocenters. The molecule has 0 spiro atoms. The quantitative estimate of drug-likeness (QED) is 0.141. The minimum Gasteiger partial charge on any atom is -0.507 e. The summed E-state index contributed by atoms with van der Waals surface area (Å²) in [7, 11) is -4.05. The van der Waals surface area contributed by atoms with Crippen LogP contribution >= 0.6 is 12.6 Å². The van der Waals surface area contributed by atoms with E-state index in [0.29, 0.717) is 18.4 Å². The minimum atomic E-state index is -4.05. The molecule has 0 aromatic heterocycles. The average molecular weight is 553 g/mol. The Balaban J connectivity index is 2.03. The van der Waals surface area contributed by atoms with Crippen LogP contribution in [0.2, 0.25) is 0 Å². The van der Waals surface area contributed by atoms with E-state index in [2.05, 4.69) is 22.7 Å². The lowest BCUT2D eigenvalue weighted by atomic mass is 9.92. The molecule has 0 aliphatic rings. The van der Waals surface area contributed by atoms with Crippen molar-refractivity contribution in [3.8, 4) is 5.75 Å². The number of unbranched alkanes of at least 4 members (excludes halogenated alkanes) is 1. The van der Waals surface area contributed by atoms with E-state index >= 15 is 0 Å². The Labute approximate surface area is 219 Å². The van der Waals surface area contributed by atoms with Gasteiger partial charge in [0.05, 0.1) is 29.0 Å². The zero-order chi connectivity index (χ0) is 27.6. The number of amides is 1. The number of thiol groups is 1. The largest absolute Gasteiger partial charge is 0.507 e. The number of hydrogen-bond acceptors (Lipinski definition) is 8. The predicted molar refractivity (Wildman–Crippen MR) is 136 cm³/mol. The van der Waals surface area contributed by atoms with Crippen molar-refractivity contribution in [2.24, 2.45) is 0 Å². The summed E-state index contributed by atoms with van der Waals surface area (Å²) in [5.74, 6) is -5.27. The summed E-state index contributed by atoms with van der Waals surface area (Å²) in [6.45, 7) is -0.00544. The van der Waals surface area contributed by atoms with Crippen LogP contribution in [0.15, 0.2) is 53.4 Å². The van der Waals surface area contributed by atoms with Crippen LogP contribution in [0.1, 0.15) is 47.5 Å². The van der Waals surface area contributed by atoms with E-state index in [1.54, 1.807) is 30.3 Å². The first-order chi connectivity index (χ1) is 17.5. The average Bonchev–Trinajstić information content (AvgIpc) is 2.85. The van der Waals surface area contributed by atoms with Crippen LogP contribution in [0, 0.1) is 0 Å². The fraction of sp³-hybridized carbons (Fsp3) is 0.333. The molecule has 13 heteroatoms. The van der Waals surface area contributed by atoms with Gasteiger partial charge in [0.2, 0.25) is 15.9 Å². The number of Topliss-reactive ketones (excluding diaryl/α,β-unsaturated/α-hetero) is 1. The maximum Gasteiger partial charge on any atom is 0.339 e. The summed E-state index contributed by atoms with van der Waals surface area (Å²) in [6.07, 6.45) is 0.438. The number of aromatic carboxylic acids is 1. The summed E-state index contributed by atoms with van der Waals surface area (Å²) in [5, 5.41) is 30.2. The minimum absolute atomic E-state index is 0.00544. The molecule has 2 atom stereocenters. The van der Waals surface area contributed by atoms with Crippen molar-refractivity contribution >= 4 is 46.3 Å². The molecule has 0 aliphatic carbocycles. The fourth-order valence-electron chi connectivity index (χ4n) is 3.55. The molecule has 2 aromatic carbocycles. The lowest BCUT2D eigenvalue weighted by Gasteiger charge is -2.21. The Morgan fingerprint density at radius 2 is 1.65 bits per heavy atom. The number of hydrogen-bond donors (Lipinski definition) is 6. The lowest BCUT2D eigenvalue weighted by molar-refractivity contribution is -0.140. The van der Waals surface area contributed by atoms with Crippen molar-refractivity contribution in [1.29, 1.82) is 0 Å². The van der Waals surface area contributed by atoms with Gasteiger partial charge in [-0.05, 0) is 36.6 Å². The third-order valence-electron chi connectivity index (χ3n) is 5.48. The number of carbonyl (C=O) groups excluding carboxylic acids is 2. The number of carboxylic acids is 2. The van der Waals surface area contributed by atoms with Gasteiger partial charge in [-0.3, -0.25) is 14.4 Å². The van der Waals surface area contributed by atoms with E-state index in [9.17, 15) is 32.7 Å². The van der Waals surface area contributed by atoms with Crippen molar-refractivity contribution in [2.75, 3.05) is 12.3 Å². The SMILES string of the molecule is O=C(O)C[C@H](NC(=O)[C@@H](CCCCNS(=O)(=O)c1ccc(O)c(C(=O)O)c1)c1ccccc1)C(=O)CS. The van der Waals surface area contributed by atoms with Crippen molar-refractivity contribution in [1.82, 2.24) is 10.0 Å². The Morgan fingerprint density at radius 1 is 0.973 bits per heavy atom. The molecule has 11 nitrogen and oxygen atoms in total. The zero-order valence-corrected chi connectivity index (χ0v) is 21.4. The van der Waals surface area contributed by atoms with Crippen LogP contribution in [0.3, 0.4) is 0 Å². The molecule has 2 aromatic rings. The molecule has 200 valence electrons. The summed E-state index contributed by atoms with van der Waals surface area (Å²) in [5.41, 5.74) is 0.107. The number of ketones is 1. The Bertz CT molecular complexity index is 1230. The van der Waals surface area contributed by atoms with Gasteiger partial charge in [0, 0.05) is 6.54 Å². The van der Waals surface area contributed by atoms with E-state index in [-0.39, 0.29) is 23.6 Å². The molecule has 0 bridgehead atoms. The number of nitrogens with one attached hydrogen (secondary N) is 2. The van der Waals surface area contributed by atoms with E-state index < -0.39 is 63.3 Å². The summed E-state index contributed by atoms with van der Waals surface area (Å²) in [4.78, 5) is 47.0. The van der Waals surface area contributed by atoms with Gasteiger partial charge in [-0.25, -0.2) is 17.9 Å². The Kier molecular flexibility index (Phi) is 11.1. The van der Waals surface area contributed by atoms with E-state index in [4.69, 9.17) is 10.2 Å². The molecule has 0 saturated heterocycles. The first kappa shape index (κ1) is 29.8. The van der Waals surface area contributed by atoms with Crippen LogP contribution in [0.4, 0.5) is 0 Å². The van der Waals surface area contributed by atoms with Crippen LogP contribution in [-0.2, 0) is 24.4 Å². The molecular formula is C24H28N2O9S2.